The molecule has 2 N–H and O–H groups in total. The molecule has 0 aliphatic heterocycles. The second-order valence-corrected chi connectivity index (χ2v) is 10.0. The number of unbranched alkanes of at least 4 members (excludes halogenated alkanes) is 13. The van der Waals surface area contributed by atoms with Crippen LogP contribution >= 0.6 is 0 Å². The predicted octanol–water partition coefficient (Wildman–Crippen LogP) is 8.40. The van der Waals surface area contributed by atoms with E-state index in [9.17, 15) is 9.59 Å². The highest BCUT2D eigenvalue weighted by Gasteiger charge is 2.09. The molecule has 0 heterocycles. The highest BCUT2D eigenvalue weighted by Crippen LogP contribution is 2.21. The van der Waals surface area contributed by atoms with Crippen LogP contribution in [0.2, 0.25) is 0 Å². The first-order valence-electron chi connectivity index (χ1n) is 14.1. The molecule has 0 bridgehead atoms. The maximum Gasteiger partial charge on any atom is 0.303 e. The zero-order valence-corrected chi connectivity index (χ0v) is 21.9. The van der Waals surface area contributed by atoms with Crippen molar-refractivity contribution in [1.82, 2.24) is 0 Å². The topological polar surface area (TPSA) is 83.8 Å². The van der Waals surface area contributed by atoms with E-state index >= 15 is 0 Å². The molecular weight excluding hydrogens is 440 g/mol. The molecule has 0 saturated heterocycles. The van der Waals surface area contributed by atoms with E-state index < -0.39 is 11.9 Å². The molecule has 0 saturated carbocycles. The van der Waals surface area contributed by atoms with Crippen LogP contribution in [-0.2, 0) is 20.9 Å². The van der Waals surface area contributed by atoms with Gasteiger partial charge in [0.1, 0.15) is 0 Å². The SMILES string of the molecule is O=C(O)CCCCCCCCCC[C@@H](CCCCCCCCCC(=O)O)COCc1ccccc1. The highest BCUT2D eigenvalue weighted by atomic mass is 16.5. The van der Waals surface area contributed by atoms with E-state index in [2.05, 4.69) is 24.3 Å². The van der Waals surface area contributed by atoms with Crippen LogP contribution in [0, 0.1) is 5.92 Å². The molecule has 1 aromatic carbocycles. The molecule has 0 amide bonds. The first-order chi connectivity index (χ1) is 17.1. The van der Waals surface area contributed by atoms with Crippen LogP contribution in [0.15, 0.2) is 30.3 Å². The zero-order valence-electron chi connectivity index (χ0n) is 21.9. The largest absolute Gasteiger partial charge is 0.481 e. The lowest BCUT2D eigenvalue weighted by atomic mass is 9.94. The Kier molecular flexibility index (Phi) is 20.1. The fourth-order valence-corrected chi connectivity index (χ4v) is 4.59. The second-order valence-electron chi connectivity index (χ2n) is 10.0. The van der Waals surface area contributed by atoms with Gasteiger partial charge in [0.2, 0.25) is 0 Å². The summed E-state index contributed by atoms with van der Waals surface area (Å²) in [6, 6.07) is 10.4. The molecule has 1 atom stereocenters. The molecule has 1 rings (SSSR count). The number of hydrogen-bond acceptors (Lipinski definition) is 3. The molecule has 35 heavy (non-hydrogen) atoms. The molecule has 1 aromatic rings. The lowest BCUT2D eigenvalue weighted by molar-refractivity contribution is -0.138. The van der Waals surface area contributed by atoms with Gasteiger partial charge >= 0.3 is 11.9 Å². The molecule has 0 unspecified atom stereocenters. The number of aliphatic carboxylic acids is 2. The van der Waals surface area contributed by atoms with Gasteiger partial charge in [-0.15, -0.1) is 0 Å². The van der Waals surface area contributed by atoms with Crippen molar-refractivity contribution < 1.29 is 24.5 Å². The molecule has 0 spiro atoms. The number of carboxylic acids is 2. The Hall–Kier alpha value is -1.88. The summed E-state index contributed by atoms with van der Waals surface area (Å²) in [6.45, 7) is 1.53. The second kappa shape index (κ2) is 22.6. The average molecular weight is 491 g/mol. The lowest BCUT2D eigenvalue weighted by Gasteiger charge is -2.17. The molecule has 0 aliphatic carbocycles. The first kappa shape index (κ1) is 31.2. The van der Waals surface area contributed by atoms with Gasteiger partial charge in [0.15, 0.2) is 0 Å². The minimum Gasteiger partial charge on any atom is -0.481 e. The Morgan fingerprint density at radius 2 is 1.00 bits per heavy atom. The third kappa shape index (κ3) is 21.1. The van der Waals surface area contributed by atoms with Gasteiger partial charge in [-0.1, -0.05) is 114 Å². The van der Waals surface area contributed by atoms with Crippen molar-refractivity contribution in [2.45, 2.75) is 129 Å². The molecule has 200 valence electrons. The number of carboxylic acid groups (broad SMARTS) is 2. The minimum absolute atomic E-state index is 0.303. The summed E-state index contributed by atoms with van der Waals surface area (Å²) in [5, 5.41) is 17.4. The van der Waals surface area contributed by atoms with Crippen molar-refractivity contribution in [3.8, 4) is 0 Å². The molecule has 0 fully saturated rings. The molecular formula is C30H50O5. The van der Waals surface area contributed by atoms with E-state index in [0.29, 0.717) is 25.4 Å². The standard InChI is InChI=1S/C30H50O5/c31-29(32)23-17-10-6-2-1-4-8-13-19-27(25-35-26-28-21-15-12-16-22-28)20-14-9-5-3-7-11-18-24-30(33)34/h12,15-16,21-22,27H,1-11,13-14,17-20,23-26H2,(H,31,32)(H,33,34)/t27-/m0/s1. The Morgan fingerprint density at radius 3 is 1.43 bits per heavy atom. The van der Waals surface area contributed by atoms with E-state index in [0.717, 1.165) is 45.1 Å². The van der Waals surface area contributed by atoms with E-state index in [-0.39, 0.29) is 0 Å². The Morgan fingerprint density at radius 1 is 0.600 bits per heavy atom. The Labute approximate surface area is 213 Å². The summed E-state index contributed by atoms with van der Waals surface area (Å²) < 4.78 is 6.08. The van der Waals surface area contributed by atoms with Gasteiger partial charge in [-0.05, 0) is 37.2 Å². The summed E-state index contributed by atoms with van der Waals surface area (Å²) in [4.78, 5) is 21.1. The van der Waals surface area contributed by atoms with Crippen LogP contribution in [0.1, 0.15) is 128 Å². The van der Waals surface area contributed by atoms with Crippen molar-refractivity contribution in [3.63, 3.8) is 0 Å². The minimum atomic E-state index is -0.682. The maximum atomic E-state index is 10.6. The Bertz CT molecular complexity index is 631. The first-order valence-corrected chi connectivity index (χ1v) is 14.1. The lowest BCUT2D eigenvalue weighted by Crippen LogP contribution is -2.10. The fraction of sp³-hybridized carbons (Fsp3) is 0.733. The number of carbonyl (C=O) groups is 2. The van der Waals surface area contributed by atoms with Gasteiger partial charge in [-0.25, -0.2) is 0 Å². The molecule has 0 radical (unpaired) electrons. The molecule has 5 nitrogen and oxygen atoms in total. The van der Waals surface area contributed by atoms with Crippen molar-refractivity contribution in [2.75, 3.05) is 6.61 Å². The van der Waals surface area contributed by atoms with E-state index in [4.69, 9.17) is 14.9 Å². The van der Waals surface area contributed by atoms with Crippen LogP contribution in [-0.4, -0.2) is 28.8 Å². The predicted molar refractivity (Wildman–Crippen MR) is 143 cm³/mol. The van der Waals surface area contributed by atoms with Gasteiger partial charge in [0.25, 0.3) is 0 Å². The van der Waals surface area contributed by atoms with Crippen LogP contribution in [0.4, 0.5) is 0 Å². The van der Waals surface area contributed by atoms with Gasteiger partial charge in [-0.2, -0.15) is 0 Å². The van der Waals surface area contributed by atoms with Crippen molar-refractivity contribution in [2.24, 2.45) is 5.92 Å². The highest BCUT2D eigenvalue weighted by molar-refractivity contribution is 5.66. The summed E-state index contributed by atoms with van der Waals surface area (Å²) in [7, 11) is 0. The zero-order chi connectivity index (χ0) is 25.4. The van der Waals surface area contributed by atoms with Gasteiger partial charge < -0.3 is 14.9 Å². The van der Waals surface area contributed by atoms with Gasteiger partial charge in [-0.3, -0.25) is 9.59 Å². The van der Waals surface area contributed by atoms with Crippen LogP contribution in [0.5, 0.6) is 0 Å². The van der Waals surface area contributed by atoms with Crippen LogP contribution in [0.3, 0.4) is 0 Å². The van der Waals surface area contributed by atoms with E-state index in [1.165, 1.54) is 76.2 Å². The molecule has 0 aromatic heterocycles. The summed E-state index contributed by atoms with van der Waals surface area (Å²) in [6.07, 6.45) is 20.3. The van der Waals surface area contributed by atoms with Crippen LogP contribution < -0.4 is 0 Å². The quantitative estimate of drug-likeness (QED) is 0.134. The normalized spacial score (nSPS) is 12.0. The van der Waals surface area contributed by atoms with Crippen molar-refractivity contribution >= 4 is 11.9 Å². The van der Waals surface area contributed by atoms with Gasteiger partial charge in [0, 0.05) is 19.4 Å². The van der Waals surface area contributed by atoms with E-state index in [1.54, 1.807) is 0 Å². The smallest absolute Gasteiger partial charge is 0.303 e. The summed E-state index contributed by atoms with van der Waals surface area (Å²) in [5.41, 5.74) is 1.23. The van der Waals surface area contributed by atoms with E-state index in [1.807, 2.05) is 6.07 Å². The summed E-state index contributed by atoms with van der Waals surface area (Å²) in [5.74, 6) is -0.732. The number of ether oxygens (including phenoxy) is 1. The number of hydrogen-bond donors (Lipinski definition) is 2. The van der Waals surface area contributed by atoms with Gasteiger partial charge in [0.05, 0.1) is 6.61 Å². The van der Waals surface area contributed by atoms with Crippen LogP contribution in [0.25, 0.3) is 0 Å². The average Bonchev–Trinajstić information content (AvgIpc) is 2.84. The number of rotatable bonds is 25. The van der Waals surface area contributed by atoms with Crippen molar-refractivity contribution in [1.29, 1.82) is 0 Å². The third-order valence-electron chi connectivity index (χ3n) is 6.72. The third-order valence-corrected chi connectivity index (χ3v) is 6.72. The van der Waals surface area contributed by atoms with Crippen molar-refractivity contribution in [3.05, 3.63) is 35.9 Å². The molecule has 0 aliphatic rings. The maximum absolute atomic E-state index is 10.6. The number of benzene rings is 1. The summed E-state index contributed by atoms with van der Waals surface area (Å²) >= 11 is 0. The molecule has 5 heteroatoms. The fourth-order valence-electron chi connectivity index (χ4n) is 4.59. The Balaban J connectivity index is 2.14. The monoisotopic (exact) mass is 490 g/mol.